The van der Waals surface area contributed by atoms with E-state index in [-0.39, 0.29) is 28.7 Å². The van der Waals surface area contributed by atoms with E-state index < -0.39 is 17.7 Å². The van der Waals surface area contributed by atoms with E-state index in [9.17, 15) is 20.0 Å². The Morgan fingerprint density at radius 3 is 2.16 bits per heavy atom. The van der Waals surface area contributed by atoms with Crippen LogP contribution in [0.5, 0.6) is 17.2 Å². The van der Waals surface area contributed by atoms with Gasteiger partial charge in [-0.3, -0.25) is 14.5 Å². The number of Topliss-reactive ketones (excluding diaryl/α,β-unsaturated/α-hetero) is 1. The van der Waals surface area contributed by atoms with E-state index in [1.54, 1.807) is 66.7 Å². The zero-order chi connectivity index (χ0) is 26.7. The normalized spacial score (nSPS) is 16.5. The van der Waals surface area contributed by atoms with Gasteiger partial charge in [-0.25, -0.2) is 0 Å². The van der Waals surface area contributed by atoms with Crippen molar-refractivity contribution in [3.63, 3.8) is 0 Å². The number of nitriles is 1. The molecule has 8 heteroatoms. The first-order valence-corrected chi connectivity index (χ1v) is 11.6. The van der Waals surface area contributed by atoms with Gasteiger partial charge in [0, 0.05) is 11.8 Å². The van der Waals surface area contributed by atoms with E-state index >= 15 is 0 Å². The summed E-state index contributed by atoms with van der Waals surface area (Å²) >= 11 is 0. The summed E-state index contributed by atoms with van der Waals surface area (Å²) in [6.45, 7) is 3.83. The molecular weight excluding hydrogens is 472 g/mol. The fourth-order valence-corrected chi connectivity index (χ4v) is 4.25. The number of rotatable bonds is 7. The molecule has 1 heterocycles. The summed E-state index contributed by atoms with van der Waals surface area (Å²) < 4.78 is 16.4. The molecule has 1 aliphatic rings. The molecule has 0 bridgehead atoms. The number of benzene rings is 3. The number of aliphatic hydroxyl groups excluding tert-OH is 1. The summed E-state index contributed by atoms with van der Waals surface area (Å²) in [7, 11) is 2.94. The van der Waals surface area contributed by atoms with Crippen LogP contribution in [0.25, 0.3) is 5.76 Å². The topological polar surface area (TPSA) is 109 Å². The van der Waals surface area contributed by atoms with Crippen molar-refractivity contribution in [1.82, 2.24) is 0 Å². The molecule has 1 amide bonds. The number of methoxy groups -OCH3 is 2. The van der Waals surface area contributed by atoms with Crippen LogP contribution in [0.4, 0.5) is 5.69 Å². The molecule has 8 nitrogen and oxygen atoms in total. The van der Waals surface area contributed by atoms with Crippen molar-refractivity contribution < 1.29 is 28.9 Å². The van der Waals surface area contributed by atoms with Crippen molar-refractivity contribution in [2.24, 2.45) is 0 Å². The van der Waals surface area contributed by atoms with Gasteiger partial charge in [-0.1, -0.05) is 12.1 Å². The van der Waals surface area contributed by atoms with Gasteiger partial charge in [0.2, 0.25) is 0 Å². The highest BCUT2D eigenvalue weighted by Gasteiger charge is 2.47. The zero-order valence-corrected chi connectivity index (χ0v) is 20.9. The molecule has 3 aromatic carbocycles. The van der Waals surface area contributed by atoms with Crippen LogP contribution in [0.3, 0.4) is 0 Å². The predicted octanol–water partition coefficient (Wildman–Crippen LogP) is 4.99. The third-order valence-electron chi connectivity index (χ3n) is 5.95. The fourth-order valence-electron chi connectivity index (χ4n) is 4.25. The molecule has 0 spiro atoms. The Labute approximate surface area is 214 Å². The Kier molecular flexibility index (Phi) is 7.16. The minimum Gasteiger partial charge on any atom is -0.507 e. The molecule has 4 rings (SSSR count). The summed E-state index contributed by atoms with van der Waals surface area (Å²) in [6.07, 6.45) is -0.0299. The van der Waals surface area contributed by atoms with Gasteiger partial charge in [0.25, 0.3) is 11.7 Å². The van der Waals surface area contributed by atoms with Gasteiger partial charge in [-0.05, 0) is 67.9 Å². The molecule has 0 aromatic heterocycles. The van der Waals surface area contributed by atoms with Gasteiger partial charge in [-0.15, -0.1) is 0 Å². The summed E-state index contributed by atoms with van der Waals surface area (Å²) in [6, 6.07) is 19.2. The number of ketones is 1. The molecule has 1 atom stereocenters. The van der Waals surface area contributed by atoms with Crippen molar-refractivity contribution in [2.45, 2.75) is 26.0 Å². The lowest BCUT2D eigenvalue weighted by Crippen LogP contribution is -2.29. The Morgan fingerprint density at radius 2 is 1.59 bits per heavy atom. The van der Waals surface area contributed by atoms with Gasteiger partial charge in [-0.2, -0.15) is 5.26 Å². The lowest BCUT2D eigenvalue weighted by Gasteiger charge is -2.26. The second-order valence-corrected chi connectivity index (χ2v) is 8.63. The number of carbonyl (C=O) groups is 2. The van der Waals surface area contributed by atoms with Crippen LogP contribution < -0.4 is 19.1 Å². The van der Waals surface area contributed by atoms with Gasteiger partial charge in [0.15, 0.2) is 0 Å². The van der Waals surface area contributed by atoms with Crippen molar-refractivity contribution >= 4 is 23.1 Å². The maximum absolute atomic E-state index is 13.4. The van der Waals surface area contributed by atoms with E-state index in [1.807, 2.05) is 19.9 Å². The third kappa shape index (κ3) is 4.84. The first kappa shape index (κ1) is 25.3. The second kappa shape index (κ2) is 10.5. The summed E-state index contributed by atoms with van der Waals surface area (Å²) in [5.74, 6) is -0.601. The maximum atomic E-state index is 13.4. The monoisotopic (exact) mass is 498 g/mol. The predicted molar refractivity (Wildman–Crippen MR) is 138 cm³/mol. The molecule has 188 valence electrons. The quantitative estimate of drug-likeness (QED) is 0.278. The van der Waals surface area contributed by atoms with Gasteiger partial charge >= 0.3 is 0 Å². The number of hydrogen-bond donors (Lipinski definition) is 1. The largest absolute Gasteiger partial charge is 0.507 e. The first-order valence-electron chi connectivity index (χ1n) is 11.6. The maximum Gasteiger partial charge on any atom is 0.300 e. The van der Waals surface area contributed by atoms with Crippen LogP contribution in [0.1, 0.15) is 36.6 Å². The number of anilines is 1. The Morgan fingerprint density at radius 1 is 0.946 bits per heavy atom. The summed E-state index contributed by atoms with van der Waals surface area (Å²) in [5.41, 5.74) is 1.57. The Hall–Kier alpha value is -4.77. The van der Waals surface area contributed by atoms with Gasteiger partial charge in [0.05, 0.1) is 49.1 Å². The average Bonchev–Trinajstić information content (AvgIpc) is 3.18. The molecule has 3 aromatic rings. The van der Waals surface area contributed by atoms with Crippen LogP contribution in [0.2, 0.25) is 0 Å². The molecule has 1 aliphatic heterocycles. The van der Waals surface area contributed by atoms with Gasteiger partial charge < -0.3 is 19.3 Å². The summed E-state index contributed by atoms with van der Waals surface area (Å²) in [4.78, 5) is 28.1. The van der Waals surface area contributed by atoms with Gasteiger partial charge in [0.1, 0.15) is 23.0 Å². The number of ether oxygens (including phenoxy) is 3. The zero-order valence-electron chi connectivity index (χ0n) is 20.9. The molecule has 37 heavy (non-hydrogen) atoms. The number of amides is 1. The standard InChI is InChI=1S/C29H26N2O6/c1-17(2)37-21-11-7-19(8-12-21)26-25(27(32)23-14-13-22(35-3)15-24(23)36-4)28(33)29(34)31(26)20-9-5-18(16-30)6-10-20/h5-15,17,26,32H,1-4H3/b27-25-. The van der Waals surface area contributed by atoms with Crippen molar-refractivity contribution in [1.29, 1.82) is 5.26 Å². The first-order chi connectivity index (χ1) is 17.8. The molecule has 1 fully saturated rings. The number of carbonyl (C=O) groups excluding carboxylic acids is 2. The molecular formula is C29H26N2O6. The van der Waals surface area contributed by atoms with E-state index in [0.29, 0.717) is 28.3 Å². The molecule has 0 saturated carbocycles. The third-order valence-corrected chi connectivity index (χ3v) is 5.95. The lowest BCUT2D eigenvalue weighted by molar-refractivity contribution is -0.132. The number of nitrogens with zero attached hydrogens (tertiary/aromatic N) is 2. The highest BCUT2D eigenvalue weighted by atomic mass is 16.5. The highest BCUT2D eigenvalue weighted by molar-refractivity contribution is 6.51. The van der Waals surface area contributed by atoms with Crippen LogP contribution >= 0.6 is 0 Å². The SMILES string of the molecule is COc1ccc(/C(O)=C2/C(=O)C(=O)N(c3ccc(C#N)cc3)C2c2ccc(OC(C)C)cc2)c(OC)c1. The Balaban J connectivity index is 1.91. The number of aliphatic hydroxyl groups is 1. The van der Waals surface area contributed by atoms with E-state index in [2.05, 4.69) is 0 Å². The van der Waals surface area contributed by atoms with Crippen LogP contribution in [0, 0.1) is 11.3 Å². The fraction of sp³-hybridized carbons (Fsp3) is 0.207. The summed E-state index contributed by atoms with van der Waals surface area (Å²) in [5, 5.41) is 20.6. The second-order valence-electron chi connectivity index (χ2n) is 8.63. The minimum absolute atomic E-state index is 0.0299. The van der Waals surface area contributed by atoms with Crippen LogP contribution in [0.15, 0.2) is 72.3 Å². The van der Waals surface area contributed by atoms with E-state index in [1.165, 1.54) is 19.1 Å². The highest BCUT2D eigenvalue weighted by Crippen LogP contribution is 2.44. The lowest BCUT2D eigenvalue weighted by atomic mass is 9.94. The number of hydrogen-bond acceptors (Lipinski definition) is 7. The molecule has 0 radical (unpaired) electrons. The van der Waals surface area contributed by atoms with Crippen molar-refractivity contribution in [3.05, 3.63) is 89.0 Å². The molecule has 1 N–H and O–H groups in total. The van der Waals surface area contributed by atoms with Crippen LogP contribution in [-0.4, -0.2) is 37.1 Å². The minimum atomic E-state index is -0.937. The van der Waals surface area contributed by atoms with Crippen molar-refractivity contribution in [3.8, 4) is 23.3 Å². The van der Waals surface area contributed by atoms with E-state index in [4.69, 9.17) is 14.2 Å². The van der Waals surface area contributed by atoms with E-state index in [0.717, 1.165) is 0 Å². The molecule has 1 saturated heterocycles. The molecule has 0 aliphatic carbocycles. The molecule has 1 unspecified atom stereocenters. The van der Waals surface area contributed by atoms with Crippen LogP contribution in [-0.2, 0) is 9.59 Å². The average molecular weight is 499 g/mol. The van der Waals surface area contributed by atoms with Crippen molar-refractivity contribution in [2.75, 3.05) is 19.1 Å². The smallest absolute Gasteiger partial charge is 0.300 e. The Bertz CT molecular complexity index is 1400.